The van der Waals surface area contributed by atoms with Gasteiger partial charge in [-0.25, -0.2) is 4.79 Å². The SMILES string of the molecule is O=C(O)CCC(C(=O)O)C1Cc2cc(COC(=O)C(F)(F)c3ccc(Cl)cc3)ccc2C1=O. The molecule has 0 saturated heterocycles. The van der Waals surface area contributed by atoms with Crippen LogP contribution in [0, 0.1) is 11.8 Å². The van der Waals surface area contributed by atoms with Crippen molar-refractivity contribution in [1.82, 2.24) is 0 Å². The maximum absolute atomic E-state index is 14.3. The van der Waals surface area contributed by atoms with E-state index in [0.717, 1.165) is 12.1 Å². The number of hydrogen-bond acceptors (Lipinski definition) is 5. The van der Waals surface area contributed by atoms with Crippen LogP contribution >= 0.6 is 11.6 Å². The van der Waals surface area contributed by atoms with E-state index in [1.807, 2.05) is 0 Å². The van der Waals surface area contributed by atoms with E-state index in [0.29, 0.717) is 11.1 Å². The number of rotatable bonds is 9. The summed E-state index contributed by atoms with van der Waals surface area (Å²) in [6.45, 7) is -0.477. The summed E-state index contributed by atoms with van der Waals surface area (Å²) in [6.07, 6.45) is -0.521. The third-order valence-electron chi connectivity index (χ3n) is 5.52. The van der Waals surface area contributed by atoms with Crippen LogP contribution < -0.4 is 0 Å². The number of carboxylic acid groups (broad SMARTS) is 2. The van der Waals surface area contributed by atoms with E-state index >= 15 is 0 Å². The molecule has 0 fully saturated rings. The summed E-state index contributed by atoms with van der Waals surface area (Å²) in [7, 11) is 0. The lowest BCUT2D eigenvalue weighted by Gasteiger charge is -2.17. The van der Waals surface area contributed by atoms with Crippen LogP contribution in [0.2, 0.25) is 5.02 Å². The van der Waals surface area contributed by atoms with E-state index in [1.54, 1.807) is 0 Å². The summed E-state index contributed by atoms with van der Waals surface area (Å²) >= 11 is 5.67. The fourth-order valence-electron chi connectivity index (χ4n) is 3.79. The molecule has 1 aliphatic rings. The molecule has 2 aromatic carbocycles. The van der Waals surface area contributed by atoms with Gasteiger partial charge in [0.1, 0.15) is 6.61 Å². The van der Waals surface area contributed by atoms with Crippen molar-refractivity contribution in [1.29, 1.82) is 0 Å². The van der Waals surface area contributed by atoms with Gasteiger partial charge < -0.3 is 14.9 Å². The molecule has 33 heavy (non-hydrogen) atoms. The standard InChI is InChI=1S/C23H19ClF2O7/c24-15-4-2-14(3-5-15)23(25,26)22(32)33-11-12-1-6-16-13(9-12)10-18(20(16)29)17(21(30)31)7-8-19(27)28/h1-6,9,17-18H,7-8,10-11H2,(H,27,28)(H,30,31). The van der Waals surface area contributed by atoms with Crippen molar-refractivity contribution in [3.05, 3.63) is 69.7 Å². The van der Waals surface area contributed by atoms with Crippen molar-refractivity contribution in [2.75, 3.05) is 0 Å². The minimum Gasteiger partial charge on any atom is -0.481 e. The minimum atomic E-state index is -3.89. The number of halogens is 3. The van der Waals surface area contributed by atoms with Crippen LogP contribution in [0.5, 0.6) is 0 Å². The van der Waals surface area contributed by atoms with Gasteiger partial charge in [-0.3, -0.25) is 14.4 Å². The van der Waals surface area contributed by atoms with Crippen molar-refractivity contribution in [3.8, 4) is 0 Å². The van der Waals surface area contributed by atoms with E-state index in [2.05, 4.69) is 0 Å². The van der Waals surface area contributed by atoms with Crippen LogP contribution in [0.25, 0.3) is 0 Å². The number of carboxylic acids is 2. The molecule has 0 amide bonds. The molecular formula is C23H19ClF2O7. The quantitative estimate of drug-likeness (QED) is 0.519. The van der Waals surface area contributed by atoms with Gasteiger partial charge in [-0.2, -0.15) is 8.78 Å². The molecule has 1 aliphatic carbocycles. The average Bonchev–Trinajstić information content (AvgIpc) is 3.07. The number of aliphatic carboxylic acids is 2. The van der Waals surface area contributed by atoms with Gasteiger partial charge in [-0.1, -0.05) is 41.9 Å². The van der Waals surface area contributed by atoms with E-state index in [-0.39, 0.29) is 29.8 Å². The molecule has 2 aromatic rings. The number of Topliss-reactive ketones (excluding diaryl/α,β-unsaturated/α-hetero) is 1. The summed E-state index contributed by atoms with van der Waals surface area (Å²) in [5.41, 5.74) is 0.549. The Morgan fingerprint density at radius 1 is 1.12 bits per heavy atom. The van der Waals surface area contributed by atoms with Crippen molar-refractivity contribution >= 4 is 35.3 Å². The number of fused-ring (bicyclic) bond motifs is 1. The Morgan fingerprint density at radius 2 is 1.79 bits per heavy atom. The lowest BCUT2D eigenvalue weighted by molar-refractivity contribution is -0.175. The fraction of sp³-hybridized carbons (Fsp3) is 0.304. The van der Waals surface area contributed by atoms with Crippen LogP contribution in [0.3, 0.4) is 0 Å². The second-order valence-corrected chi connectivity index (χ2v) is 8.14. The minimum absolute atomic E-state index is 0.0630. The largest absolute Gasteiger partial charge is 0.481 e. The van der Waals surface area contributed by atoms with E-state index in [9.17, 15) is 33.1 Å². The Labute approximate surface area is 191 Å². The maximum Gasteiger partial charge on any atom is 0.382 e. The summed E-state index contributed by atoms with van der Waals surface area (Å²) in [4.78, 5) is 47.1. The predicted molar refractivity (Wildman–Crippen MR) is 111 cm³/mol. The highest BCUT2D eigenvalue weighted by Gasteiger charge is 2.43. The van der Waals surface area contributed by atoms with Crippen LogP contribution in [0.1, 0.15) is 39.9 Å². The third-order valence-corrected chi connectivity index (χ3v) is 5.77. The average molecular weight is 481 g/mol. The van der Waals surface area contributed by atoms with E-state index in [1.165, 1.54) is 30.3 Å². The molecular weight excluding hydrogens is 462 g/mol. The third kappa shape index (κ3) is 5.36. The van der Waals surface area contributed by atoms with Gasteiger partial charge in [0.15, 0.2) is 5.78 Å². The molecule has 0 bridgehead atoms. The molecule has 3 rings (SSSR count). The van der Waals surface area contributed by atoms with Gasteiger partial charge in [0.25, 0.3) is 0 Å². The number of carbonyl (C=O) groups is 4. The second-order valence-electron chi connectivity index (χ2n) is 7.70. The lowest BCUT2D eigenvalue weighted by atomic mass is 9.85. The van der Waals surface area contributed by atoms with Crippen LogP contribution in [-0.2, 0) is 38.1 Å². The van der Waals surface area contributed by atoms with E-state index < -0.39 is 53.6 Å². The number of alkyl halides is 2. The smallest absolute Gasteiger partial charge is 0.382 e. The zero-order valence-corrected chi connectivity index (χ0v) is 17.9. The van der Waals surface area contributed by atoms with E-state index in [4.69, 9.17) is 21.4 Å². The highest BCUT2D eigenvalue weighted by atomic mass is 35.5. The summed E-state index contributed by atoms with van der Waals surface area (Å²) < 4.78 is 33.5. The number of ether oxygens (including phenoxy) is 1. The second kappa shape index (κ2) is 9.66. The Kier molecular flexibility index (Phi) is 7.12. The van der Waals surface area contributed by atoms with Crippen molar-refractivity contribution < 1.29 is 42.9 Å². The Hall–Kier alpha value is -3.33. The van der Waals surface area contributed by atoms with Gasteiger partial charge in [-0.05, 0) is 36.1 Å². The number of ketones is 1. The van der Waals surface area contributed by atoms with Gasteiger partial charge in [0, 0.05) is 28.5 Å². The lowest BCUT2D eigenvalue weighted by Crippen LogP contribution is -2.28. The number of carbonyl (C=O) groups excluding carboxylic acids is 2. The summed E-state index contributed by atoms with van der Waals surface area (Å²) in [5.74, 6) is -10.6. The molecule has 2 N–H and O–H groups in total. The normalized spacial score (nSPS) is 16.2. The van der Waals surface area contributed by atoms with Crippen LogP contribution in [-0.4, -0.2) is 33.9 Å². The molecule has 0 aliphatic heterocycles. The first-order valence-corrected chi connectivity index (χ1v) is 10.3. The number of benzene rings is 2. The van der Waals surface area contributed by atoms with Crippen molar-refractivity contribution in [2.24, 2.45) is 11.8 Å². The highest BCUT2D eigenvalue weighted by Crippen LogP contribution is 2.35. The molecule has 7 nitrogen and oxygen atoms in total. The molecule has 0 aromatic heterocycles. The summed E-state index contributed by atoms with van der Waals surface area (Å²) in [6, 6.07) is 8.85. The highest BCUT2D eigenvalue weighted by molar-refractivity contribution is 6.30. The Morgan fingerprint density at radius 3 is 2.39 bits per heavy atom. The fourth-order valence-corrected chi connectivity index (χ4v) is 3.92. The first-order valence-electron chi connectivity index (χ1n) is 9.92. The van der Waals surface area contributed by atoms with Crippen LogP contribution in [0.15, 0.2) is 42.5 Å². The number of esters is 1. The zero-order valence-electron chi connectivity index (χ0n) is 17.1. The first kappa shape index (κ1) is 24.3. The molecule has 0 saturated carbocycles. The predicted octanol–water partition coefficient (Wildman–Crippen LogP) is 4.10. The molecule has 2 atom stereocenters. The maximum atomic E-state index is 14.3. The zero-order chi connectivity index (χ0) is 24.3. The topological polar surface area (TPSA) is 118 Å². The number of hydrogen-bond donors (Lipinski definition) is 2. The molecule has 0 radical (unpaired) electrons. The van der Waals surface area contributed by atoms with Crippen molar-refractivity contribution in [3.63, 3.8) is 0 Å². The summed E-state index contributed by atoms with van der Waals surface area (Å²) in [5, 5.41) is 18.5. The molecule has 174 valence electrons. The molecule has 10 heteroatoms. The van der Waals surface area contributed by atoms with Gasteiger partial charge in [0.2, 0.25) is 0 Å². The first-order chi connectivity index (χ1) is 15.5. The van der Waals surface area contributed by atoms with Crippen molar-refractivity contribution in [2.45, 2.75) is 31.8 Å². The van der Waals surface area contributed by atoms with Crippen LogP contribution in [0.4, 0.5) is 8.78 Å². The Bertz CT molecular complexity index is 1100. The van der Waals surface area contributed by atoms with Gasteiger partial charge in [-0.15, -0.1) is 0 Å². The van der Waals surface area contributed by atoms with Gasteiger partial charge >= 0.3 is 23.8 Å². The molecule has 0 heterocycles. The Balaban J connectivity index is 1.69. The molecule has 0 spiro atoms. The molecule has 2 unspecified atom stereocenters. The monoisotopic (exact) mass is 480 g/mol. The van der Waals surface area contributed by atoms with Gasteiger partial charge in [0.05, 0.1) is 5.92 Å².